The first kappa shape index (κ1) is 15.5. The summed E-state index contributed by atoms with van der Waals surface area (Å²) in [6.45, 7) is 1.31. The van der Waals surface area contributed by atoms with Crippen LogP contribution in [0.4, 0.5) is 0 Å². The van der Waals surface area contributed by atoms with Gasteiger partial charge in [0.2, 0.25) is 5.91 Å². The molecule has 0 spiro atoms. The number of benzene rings is 1. The number of carbonyl (C=O) groups is 1. The molecule has 0 saturated carbocycles. The van der Waals surface area contributed by atoms with Crippen LogP contribution in [-0.4, -0.2) is 31.7 Å². The predicted octanol–water partition coefficient (Wildman–Crippen LogP) is 2.20. The highest BCUT2D eigenvalue weighted by Crippen LogP contribution is 2.26. The summed E-state index contributed by atoms with van der Waals surface area (Å²) >= 11 is 0. The van der Waals surface area contributed by atoms with Crippen LogP contribution in [0.25, 0.3) is 0 Å². The van der Waals surface area contributed by atoms with E-state index in [1.807, 2.05) is 12.1 Å². The first-order valence-electron chi connectivity index (χ1n) is 7.98. The van der Waals surface area contributed by atoms with Crippen molar-refractivity contribution in [2.24, 2.45) is 0 Å². The highest BCUT2D eigenvalue weighted by atomic mass is 32.2. The van der Waals surface area contributed by atoms with E-state index in [2.05, 4.69) is 5.32 Å². The van der Waals surface area contributed by atoms with Gasteiger partial charge in [0.05, 0.1) is 4.90 Å². The van der Waals surface area contributed by atoms with E-state index in [0.29, 0.717) is 25.4 Å². The molecule has 1 N–H and O–H groups in total. The maximum absolute atomic E-state index is 12.5. The van der Waals surface area contributed by atoms with Gasteiger partial charge in [0.15, 0.2) is 0 Å². The molecule has 0 radical (unpaired) electrons. The van der Waals surface area contributed by atoms with Crippen LogP contribution in [-0.2, 0) is 14.8 Å². The summed E-state index contributed by atoms with van der Waals surface area (Å²) in [5, 5.41) is 3.50. The average Bonchev–Trinajstić information content (AvgIpc) is 2.79. The fourth-order valence-corrected chi connectivity index (χ4v) is 4.65. The SMILES string of the molecule is O=C1CCCN1S(=O)(=O)c1ccc(C2CCCCCN2)cc1. The molecule has 2 saturated heterocycles. The summed E-state index contributed by atoms with van der Waals surface area (Å²) in [6.07, 6.45) is 5.65. The Labute approximate surface area is 131 Å². The Morgan fingerprint density at radius 2 is 1.82 bits per heavy atom. The Morgan fingerprint density at radius 3 is 2.50 bits per heavy atom. The Bertz CT molecular complexity index is 632. The Morgan fingerprint density at radius 1 is 1.05 bits per heavy atom. The van der Waals surface area contributed by atoms with E-state index >= 15 is 0 Å². The second-order valence-electron chi connectivity index (χ2n) is 6.00. The van der Waals surface area contributed by atoms with Crippen molar-refractivity contribution in [1.82, 2.24) is 9.62 Å². The van der Waals surface area contributed by atoms with E-state index in [1.54, 1.807) is 12.1 Å². The van der Waals surface area contributed by atoms with Crippen LogP contribution in [0.3, 0.4) is 0 Å². The molecule has 1 unspecified atom stereocenters. The van der Waals surface area contributed by atoms with Crippen LogP contribution >= 0.6 is 0 Å². The zero-order valence-corrected chi connectivity index (χ0v) is 13.4. The van der Waals surface area contributed by atoms with Gasteiger partial charge in [-0.2, -0.15) is 0 Å². The third-order valence-corrected chi connectivity index (χ3v) is 6.30. The molecule has 1 amide bonds. The van der Waals surface area contributed by atoms with Crippen LogP contribution in [0.1, 0.15) is 50.1 Å². The third kappa shape index (κ3) is 3.03. The van der Waals surface area contributed by atoms with Crippen LogP contribution < -0.4 is 5.32 Å². The maximum atomic E-state index is 12.5. The van der Waals surface area contributed by atoms with E-state index in [-0.39, 0.29) is 10.8 Å². The van der Waals surface area contributed by atoms with Gasteiger partial charge in [-0.05, 0) is 43.5 Å². The number of carbonyl (C=O) groups excluding carboxylic acids is 1. The average molecular weight is 322 g/mol. The van der Waals surface area contributed by atoms with Crippen LogP contribution in [0, 0.1) is 0 Å². The zero-order valence-electron chi connectivity index (χ0n) is 12.6. The van der Waals surface area contributed by atoms with E-state index < -0.39 is 10.0 Å². The standard InChI is InChI=1S/C16H22N2O3S/c19-16-6-4-12-18(16)22(20,21)14-9-7-13(8-10-14)15-5-2-1-3-11-17-15/h7-10,15,17H,1-6,11-12H2. The molecule has 6 heteroatoms. The molecule has 0 aliphatic carbocycles. The Balaban J connectivity index is 1.80. The summed E-state index contributed by atoms with van der Waals surface area (Å²) in [7, 11) is -3.68. The van der Waals surface area contributed by atoms with Gasteiger partial charge in [-0.15, -0.1) is 0 Å². The van der Waals surface area contributed by atoms with Gasteiger partial charge < -0.3 is 5.32 Å². The van der Waals surface area contributed by atoms with Crippen molar-refractivity contribution in [3.8, 4) is 0 Å². The number of amides is 1. The van der Waals surface area contributed by atoms with E-state index in [1.165, 1.54) is 19.3 Å². The lowest BCUT2D eigenvalue weighted by Crippen LogP contribution is -2.32. The lowest BCUT2D eigenvalue weighted by Gasteiger charge is -2.18. The number of nitrogens with one attached hydrogen (secondary N) is 1. The fourth-order valence-electron chi connectivity index (χ4n) is 3.19. The lowest BCUT2D eigenvalue weighted by molar-refractivity contribution is -0.123. The van der Waals surface area contributed by atoms with Gasteiger partial charge in [0, 0.05) is 19.0 Å². The van der Waals surface area contributed by atoms with Gasteiger partial charge in [0.25, 0.3) is 10.0 Å². The monoisotopic (exact) mass is 322 g/mol. The fraction of sp³-hybridized carbons (Fsp3) is 0.562. The lowest BCUT2D eigenvalue weighted by atomic mass is 10.0. The van der Waals surface area contributed by atoms with E-state index in [0.717, 1.165) is 22.8 Å². The molecule has 1 aromatic carbocycles. The molecule has 0 aromatic heterocycles. The van der Waals surface area contributed by atoms with Crippen molar-refractivity contribution < 1.29 is 13.2 Å². The van der Waals surface area contributed by atoms with E-state index in [4.69, 9.17) is 0 Å². The van der Waals surface area contributed by atoms with E-state index in [9.17, 15) is 13.2 Å². The van der Waals surface area contributed by atoms with Crippen LogP contribution in [0.5, 0.6) is 0 Å². The van der Waals surface area contributed by atoms with Gasteiger partial charge in [0.1, 0.15) is 0 Å². The molecule has 1 aromatic rings. The van der Waals surface area contributed by atoms with Crippen molar-refractivity contribution >= 4 is 15.9 Å². The summed E-state index contributed by atoms with van der Waals surface area (Å²) < 4.78 is 26.0. The van der Waals surface area contributed by atoms with Crippen molar-refractivity contribution in [3.63, 3.8) is 0 Å². The van der Waals surface area contributed by atoms with Crippen molar-refractivity contribution in [2.45, 2.75) is 49.5 Å². The summed E-state index contributed by atoms with van der Waals surface area (Å²) in [4.78, 5) is 11.9. The van der Waals surface area contributed by atoms with Crippen molar-refractivity contribution in [2.75, 3.05) is 13.1 Å². The molecule has 2 fully saturated rings. The molecule has 2 heterocycles. The minimum Gasteiger partial charge on any atom is -0.310 e. The molecule has 0 bridgehead atoms. The van der Waals surface area contributed by atoms with Crippen LogP contribution in [0.15, 0.2) is 29.2 Å². The molecule has 1 atom stereocenters. The highest BCUT2D eigenvalue weighted by Gasteiger charge is 2.32. The summed E-state index contributed by atoms with van der Waals surface area (Å²) in [6, 6.07) is 7.30. The smallest absolute Gasteiger partial charge is 0.266 e. The number of rotatable bonds is 3. The molecule has 22 heavy (non-hydrogen) atoms. The second kappa shape index (κ2) is 6.38. The maximum Gasteiger partial charge on any atom is 0.266 e. The van der Waals surface area contributed by atoms with Crippen molar-refractivity contribution in [1.29, 1.82) is 0 Å². The summed E-state index contributed by atoms with van der Waals surface area (Å²) in [5.74, 6) is -0.297. The Kier molecular flexibility index (Phi) is 4.49. The molecule has 120 valence electrons. The third-order valence-electron chi connectivity index (χ3n) is 4.46. The molecule has 2 aliphatic heterocycles. The summed E-state index contributed by atoms with van der Waals surface area (Å²) in [5.41, 5.74) is 1.12. The number of sulfonamides is 1. The number of hydrogen-bond acceptors (Lipinski definition) is 4. The first-order chi connectivity index (χ1) is 10.6. The van der Waals surface area contributed by atoms with Crippen molar-refractivity contribution in [3.05, 3.63) is 29.8 Å². The predicted molar refractivity (Wildman–Crippen MR) is 83.8 cm³/mol. The second-order valence-corrected chi connectivity index (χ2v) is 7.86. The quantitative estimate of drug-likeness (QED) is 0.926. The molecule has 2 aliphatic rings. The topological polar surface area (TPSA) is 66.5 Å². The highest BCUT2D eigenvalue weighted by molar-refractivity contribution is 7.89. The molecule has 5 nitrogen and oxygen atoms in total. The van der Waals surface area contributed by atoms with Gasteiger partial charge >= 0.3 is 0 Å². The Hall–Kier alpha value is -1.40. The first-order valence-corrected chi connectivity index (χ1v) is 9.42. The molecular weight excluding hydrogens is 300 g/mol. The normalized spacial score (nSPS) is 23.5. The molecule has 3 rings (SSSR count). The van der Waals surface area contributed by atoms with Gasteiger partial charge in [-0.1, -0.05) is 25.0 Å². The minimum atomic E-state index is -3.68. The van der Waals surface area contributed by atoms with Crippen LogP contribution in [0.2, 0.25) is 0 Å². The largest absolute Gasteiger partial charge is 0.310 e. The van der Waals surface area contributed by atoms with Gasteiger partial charge in [-0.25, -0.2) is 12.7 Å². The number of nitrogens with zero attached hydrogens (tertiary/aromatic N) is 1. The number of hydrogen-bond donors (Lipinski definition) is 1. The van der Waals surface area contributed by atoms with Gasteiger partial charge in [-0.3, -0.25) is 4.79 Å². The molecular formula is C16H22N2O3S. The zero-order chi connectivity index (χ0) is 15.6. The minimum absolute atomic E-state index is 0.208.